The third kappa shape index (κ3) is 3.74. The molecule has 0 bridgehead atoms. The van der Waals surface area contributed by atoms with Gasteiger partial charge in [-0.2, -0.15) is 0 Å². The maximum Gasteiger partial charge on any atom is 0.0795 e. The third-order valence-corrected chi connectivity index (χ3v) is 2.82. The minimum Gasteiger partial charge on any atom is -0.383 e. The first-order valence-electron chi connectivity index (χ1n) is 4.83. The highest BCUT2D eigenvalue weighted by Crippen LogP contribution is 2.05. The highest BCUT2D eigenvalue weighted by molar-refractivity contribution is 7.07. The van der Waals surface area contributed by atoms with Gasteiger partial charge >= 0.3 is 0 Å². The Hall–Kier alpha value is -0.450. The van der Waals surface area contributed by atoms with Gasteiger partial charge in [-0.25, -0.2) is 4.98 Å². The fourth-order valence-electron chi connectivity index (χ4n) is 1.23. The molecule has 0 saturated carbocycles. The number of methoxy groups -OCH3 is 1. The average Bonchev–Trinajstić information content (AvgIpc) is 2.64. The molecule has 1 aromatic rings. The first-order chi connectivity index (χ1) is 6.74. The lowest BCUT2D eigenvalue weighted by molar-refractivity contribution is 0.146. The lowest BCUT2D eigenvalue weighted by Gasteiger charge is -2.20. The predicted octanol–water partition coefficient (Wildman–Crippen LogP) is 1.90. The molecule has 80 valence electrons. The van der Waals surface area contributed by atoms with E-state index in [-0.39, 0.29) is 0 Å². The van der Waals surface area contributed by atoms with Gasteiger partial charge in [0.2, 0.25) is 0 Å². The molecule has 1 N–H and O–H groups in total. The Labute approximate surface area is 89.5 Å². The zero-order valence-electron chi connectivity index (χ0n) is 8.99. The van der Waals surface area contributed by atoms with Gasteiger partial charge in [-0.15, -0.1) is 11.3 Å². The highest BCUT2D eigenvalue weighted by Gasteiger charge is 2.12. The Morgan fingerprint density at radius 2 is 2.36 bits per heavy atom. The molecule has 0 saturated heterocycles. The number of hydrogen-bond donors (Lipinski definition) is 1. The monoisotopic (exact) mass is 214 g/mol. The van der Waals surface area contributed by atoms with Gasteiger partial charge in [0.15, 0.2) is 0 Å². The van der Waals surface area contributed by atoms with Crippen molar-refractivity contribution in [2.24, 2.45) is 5.92 Å². The summed E-state index contributed by atoms with van der Waals surface area (Å²) in [5.41, 5.74) is 2.97. The zero-order chi connectivity index (χ0) is 10.4. The Morgan fingerprint density at radius 1 is 1.57 bits per heavy atom. The molecule has 1 unspecified atom stereocenters. The van der Waals surface area contributed by atoms with Gasteiger partial charge in [-0.1, -0.05) is 13.8 Å². The van der Waals surface area contributed by atoms with Crippen molar-refractivity contribution in [3.8, 4) is 0 Å². The minimum absolute atomic E-state index is 0.404. The van der Waals surface area contributed by atoms with E-state index in [9.17, 15) is 0 Å². The van der Waals surface area contributed by atoms with Crippen molar-refractivity contribution in [2.75, 3.05) is 13.7 Å². The van der Waals surface area contributed by atoms with E-state index in [0.717, 1.165) is 18.8 Å². The van der Waals surface area contributed by atoms with Crippen LogP contribution in [0, 0.1) is 5.92 Å². The average molecular weight is 214 g/mol. The Morgan fingerprint density at radius 3 is 2.86 bits per heavy atom. The second-order valence-electron chi connectivity index (χ2n) is 3.67. The molecule has 0 aliphatic rings. The Bertz CT molecular complexity index is 236. The molecule has 0 aliphatic carbocycles. The van der Waals surface area contributed by atoms with Crippen LogP contribution in [-0.4, -0.2) is 24.7 Å². The maximum absolute atomic E-state index is 5.15. The van der Waals surface area contributed by atoms with Crippen LogP contribution in [0.5, 0.6) is 0 Å². The van der Waals surface area contributed by atoms with Crippen molar-refractivity contribution < 1.29 is 4.74 Å². The summed E-state index contributed by atoms with van der Waals surface area (Å²) in [6.45, 7) is 5.97. The number of hydrogen-bond acceptors (Lipinski definition) is 4. The third-order valence-electron chi connectivity index (χ3n) is 2.18. The lowest BCUT2D eigenvalue weighted by Crippen LogP contribution is -2.37. The normalized spacial score (nSPS) is 13.4. The fourth-order valence-corrected chi connectivity index (χ4v) is 1.79. The van der Waals surface area contributed by atoms with E-state index in [1.165, 1.54) is 0 Å². The van der Waals surface area contributed by atoms with Crippen molar-refractivity contribution in [3.63, 3.8) is 0 Å². The van der Waals surface area contributed by atoms with Crippen molar-refractivity contribution >= 4 is 11.3 Å². The van der Waals surface area contributed by atoms with Crippen molar-refractivity contribution in [1.82, 2.24) is 10.3 Å². The Kier molecular flexibility index (Phi) is 5.07. The van der Waals surface area contributed by atoms with Gasteiger partial charge in [0.1, 0.15) is 0 Å². The summed E-state index contributed by atoms with van der Waals surface area (Å²) in [5, 5.41) is 5.51. The molecule has 0 aliphatic heterocycles. The van der Waals surface area contributed by atoms with E-state index in [1.807, 2.05) is 5.51 Å². The minimum atomic E-state index is 0.404. The number of nitrogens with zero attached hydrogens (tertiary/aromatic N) is 1. The first-order valence-corrected chi connectivity index (χ1v) is 5.77. The van der Waals surface area contributed by atoms with Crippen LogP contribution in [0.3, 0.4) is 0 Å². The summed E-state index contributed by atoms with van der Waals surface area (Å²) in [4.78, 5) is 4.22. The first kappa shape index (κ1) is 11.6. The van der Waals surface area contributed by atoms with Crippen LogP contribution in [0.2, 0.25) is 0 Å². The van der Waals surface area contributed by atoms with Crippen molar-refractivity contribution in [2.45, 2.75) is 26.4 Å². The summed E-state index contributed by atoms with van der Waals surface area (Å²) in [7, 11) is 1.74. The molecular formula is C10H18N2OS. The van der Waals surface area contributed by atoms with Crippen LogP contribution < -0.4 is 5.32 Å². The molecule has 1 aromatic heterocycles. The molecule has 1 heterocycles. The fraction of sp³-hybridized carbons (Fsp3) is 0.700. The topological polar surface area (TPSA) is 34.1 Å². The molecule has 0 amide bonds. The van der Waals surface area contributed by atoms with E-state index in [4.69, 9.17) is 4.74 Å². The molecule has 0 radical (unpaired) electrons. The van der Waals surface area contributed by atoms with Gasteiger partial charge in [-0.3, -0.25) is 0 Å². The molecule has 1 rings (SSSR count). The van der Waals surface area contributed by atoms with Crippen LogP contribution in [0.4, 0.5) is 0 Å². The summed E-state index contributed by atoms with van der Waals surface area (Å²) in [6.07, 6.45) is 0. The Balaban J connectivity index is 2.33. The van der Waals surface area contributed by atoms with E-state index in [2.05, 4.69) is 29.5 Å². The second-order valence-corrected chi connectivity index (χ2v) is 4.39. The number of rotatable bonds is 6. The number of ether oxygens (including phenoxy) is 1. The largest absolute Gasteiger partial charge is 0.383 e. The highest BCUT2D eigenvalue weighted by atomic mass is 32.1. The van der Waals surface area contributed by atoms with E-state index < -0.39 is 0 Å². The van der Waals surface area contributed by atoms with Crippen LogP contribution in [0.15, 0.2) is 10.9 Å². The van der Waals surface area contributed by atoms with E-state index in [1.54, 1.807) is 18.4 Å². The molecule has 0 fully saturated rings. The van der Waals surface area contributed by atoms with Gasteiger partial charge in [-0.05, 0) is 5.92 Å². The molecule has 0 aromatic carbocycles. The SMILES string of the molecule is COCC(NCc1cscn1)C(C)C. The maximum atomic E-state index is 5.15. The number of thiazole rings is 1. The molecule has 3 nitrogen and oxygen atoms in total. The number of aromatic nitrogens is 1. The molecule has 4 heteroatoms. The van der Waals surface area contributed by atoms with Crippen LogP contribution in [0.1, 0.15) is 19.5 Å². The van der Waals surface area contributed by atoms with Crippen molar-refractivity contribution in [3.05, 3.63) is 16.6 Å². The number of nitrogens with one attached hydrogen (secondary N) is 1. The van der Waals surface area contributed by atoms with Gasteiger partial charge < -0.3 is 10.1 Å². The van der Waals surface area contributed by atoms with Gasteiger partial charge in [0.05, 0.1) is 17.8 Å². The standard InChI is InChI=1S/C10H18N2OS/c1-8(2)10(5-13-3)11-4-9-6-14-7-12-9/h6-8,10-11H,4-5H2,1-3H3. The van der Waals surface area contributed by atoms with E-state index in [0.29, 0.717) is 12.0 Å². The summed E-state index contributed by atoms with van der Waals surface area (Å²) in [5.74, 6) is 0.577. The quantitative estimate of drug-likeness (QED) is 0.785. The van der Waals surface area contributed by atoms with E-state index >= 15 is 0 Å². The summed E-state index contributed by atoms with van der Waals surface area (Å²) >= 11 is 1.63. The van der Waals surface area contributed by atoms with Crippen LogP contribution in [0.25, 0.3) is 0 Å². The second kappa shape index (κ2) is 6.11. The molecule has 1 atom stereocenters. The zero-order valence-corrected chi connectivity index (χ0v) is 9.80. The lowest BCUT2D eigenvalue weighted by atomic mass is 10.1. The summed E-state index contributed by atoms with van der Waals surface area (Å²) in [6, 6.07) is 0.404. The van der Waals surface area contributed by atoms with Crippen molar-refractivity contribution in [1.29, 1.82) is 0 Å². The van der Waals surface area contributed by atoms with Gasteiger partial charge in [0.25, 0.3) is 0 Å². The summed E-state index contributed by atoms with van der Waals surface area (Å²) < 4.78 is 5.15. The smallest absolute Gasteiger partial charge is 0.0795 e. The van der Waals surface area contributed by atoms with Crippen LogP contribution in [-0.2, 0) is 11.3 Å². The molecule has 0 spiro atoms. The van der Waals surface area contributed by atoms with Crippen LogP contribution >= 0.6 is 11.3 Å². The molecule has 14 heavy (non-hydrogen) atoms. The molecular weight excluding hydrogens is 196 g/mol. The van der Waals surface area contributed by atoms with Gasteiger partial charge in [0, 0.05) is 25.1 Å². The predicted molar refractivity (Wildman–Crippen MR) is 59.5 cm³/mol.